The summed E-state index contributed by atoms with van der Waals surface area (Å²) in [6, 6.07) is 0. The van der Waals surface area contributed by atoms with Gasteiger partial charge in [0.2, 0.25) is 0 Å². The molecule has 16 heteroatoms. The predicted octanol–water partition coefficient (Wildman–Crippen LogP) is 13.7. The number of carbonyl (C=O) groups is 3. The molecule has 0 aromatic rings. The molecule has 0 amide bonds. The minimum absolute atomic E-state index is 0.158. The normalized spacial score (nSPS) is 15.0. The Bertz CT molecular complexity index is 1390. The van der Waals surface area contributed by atoms with Gasteiger partial charge in [0.25, 0.3) is 0 Å². The van der Waals surface area contributed by atoms with E-state index in [2.05, 4.69) is 61.1 Å². The molecule has 4 atom stereocenters. The monoisotopic (exact) mass is 1220 g/mol. The van der Waals surface area contributed by atoms with Crippen molar-refractivity contribution in [1.29, 1.82) is 0 Å². The molecule has 1 saturated heterocycles. The van der Waals surface area contributed by atoms with Gasteiger partial charge in [-0.05, 0) is 95.7 Å². The number of unbranched alkanes of at least 4 members (excludes halogenated alkanes) is 17. The van der Waals surface area contributed by atoms with E-state index in [0.717, 1.165) is 141 Å². The van der Waals surface area contributed by atoms with E-state index in [1.165, 1.54) is 89.9 Å². The molecule has 4 unspecified atom stereocenters. The molecule has 1 heterocycles. The second-order valence-electron chi connectivity index (χ2n) is 24.6. The Labute approximate surface area is 518 Å². The van der Waals surface area contributed by atoms with Crippen LogP contribution in [-0.4, -0.2) is 192 Å². The highest BCUT2D eigenvalue weighted by molar-refractivity contribution is 8.76. The van der Waals surface area contributed by atoms with Gasteiger partial charge >= 0.3 is 17.9 Å². The van der Waals surface area contributed by atoms with Crippen LogP contribution in [0.15, 0.2) is 0 Å². The van der Waals surface area contributed by atoms with Crippen molar-refractivity contribution in [3.05, 3.63) is 0 Å². The Morgan fingerprint density at radius 1 is 0.398 bits per heavy atom. The fraction of sp³-hybridized carbons (Fsp3) is 0.955. The first-order valence-electron chi connectivity index (χ1n) is 34.7. The zero-order chi connectivity index (χ0) is 60.8. The molecule has 492 valence electrons. The second kappa shape index (κ2) is 57.2. The van der Waals surface area contributed by atoms with E-state index in [0.29, 0.717) is 116 Å². The largest absolute Gasteiger partial charge is 0.465 e. The minimum Gasteiger partial charge on any atom is -0.465 e. The molecule has 1 fully saturated rings. The maximum absolute atomic E-state index is 12.8. The van der Waals surface area contributed by atoms with Gasteiger partial charge in [-0.25, -0.2) is 0 Å². The maximum Gasteiger partial charge on any atom is 0.305 e. The summed E-state index contributed by atoms with van der Waals surface area (Å²) >= 11 is 0. The van der Waals surface area contributed by atoms with Crippen molar-refractivity contribution in [2.24, 2.45) is 11.8 Å². The van der Waals surface area contributed by atoms with E-state index in [1.54, 1.807) is 0 Å². The van der Waals surface area contributed by atoms with Crippen LogP contribution >= 0.6 is 21.6 Å². The number of aliphatic hydroxyl groups excluding tert-OH is 4. The van der Waals surface area contributed by atoms with Crippen LogP contribution in [0.5, 0.6) is 0 Å². The number of nitrogens with zero attached hydrogens (tertiary/aromatic N) is 4. The van der Waals surface area contributed by atoms with E-state index in [9.17, 15) is 34.8 Å². The average Bonchev–Trinajstić information content (AvgIpc) is 3.49. The van der Waals surface area contributed by atoms with Crippen LogP contribution < -0.4 is 0 Å². The molecular weight excluding hydrogens is 1080 g/mol. The van der Waals surface area contributed by atoms with E-state index in [4.69, 9.17) is 14.2 Å². The quantitative estimate of drug-likeness (QED) is 0.0196. The third-order valence-electron chi connectivity index (χ3n) is 17.0. The van der Waals surface area contributed by atoms with Crippen LogP contribution in [0.3, 0.4) is 0 Å². The molecule has 83 heavy (non-hydrogen) atoms. The Balaban J connectivity index is 2.39. The van der Waals surface area contributed by atoms with Crippen molar-refractivity contribution in [2.45, 2.75) is 291 Å². The highest BCUT2D eigenvalue weighted by Crippen LogP contribution is 2.24. The van der Waals surface area contributed by atoms with E-state index < -0.39 is 24.4 Å². The third-order valence-corrected chi connectivity index (χ3v) is 19.6. The molecule has 0 aliphatic carbocycles. The second-order valence-corrected chi connectivity index (χ2v) is 27.3. The fourth-order valence-corrected chi connectivity index (χ4v) is 13.2. The van der Waals surface area contributed by atoms with Gasteiger partial charge in [-0.15, -0.1) is 0 Å². The van der Waals surface area contributed by atoms with Crippen molar-refractivity contribution >= 4 is 39.5 Å². The average molecular weight is 1220 g/mol. The van der Waals surface area contributed by atoms with Gasteiger partial charge in [0.15, 0.2) is 0 Å². The summed E-state index contributed by atoms with van der Waals surface area (Å²) in [5.74, 6) is 2.45. The van der Waals surface area contributed by atoms with Crippen molar-refractivity contribution in [3.63, 3.8) is 0 Å². The zero-order valence-electron chi connectivity index (χ0n) is 54.6. The van der Waals surface area contributed by atoms with Crippen LogP contribution in [-0.2, 0) is 28.6 Å². The molecular formula is C67H132N4O10S2. The van der Waals surface area contributed by atoms with Gasteiger partial charge in [0.1, 0.15) is 6.61 Å². The lowest BCUT2D eigenvalue weighted by atomic mass is 10.0. The van der Waals surface area contributed by atoms with Crippen molar-refractivity contribution in [1.82, 2.24) is 19.6 Å². The lowest BCUT2D eigenvalue weighted by Gasteiger charge is -2.34. The van der Waals surface area contributed by atoms with Gasteiger partial charge in [-0.2, -0.15) is 0 Å². The molecule has 0 aromatic heterocycles. The molecule has 1 aliphatic heterocycles. The summed E-state index contributed by atoms with van der Waals surface area (Å²) in [6.45, 7) is 23.7. The SMILES string of the molecule is CCCCCCCCCCC(O)CN(CCCC(=O)OCCN1CCN(CCCCSSCCCN(CC(O)CCCCC(=O)OCC(CC)CC)CC(O)CCCCC(=O)OCC(CC)CC)CC1)CC(O)CCCCCCCCCC. The molecule has 0 saturated carbocycles. The van der Waals surface area contributed by atoms with Crippen LogP contribution in [0, 0.1) is 11.8 Å². The molecule has 0 radical (unpaired) electrons. The number of hydrogen-bond acceptors (Lipinski definition) is 16. The molecule has 4 N–H and O–H groups in total. The number of esters is 3. The molecule has 1 rings (SSSR count). The lowest BCUT2D eigenvalue weighted by molar-refractivity contribution is -0.146. The van der Waals surface area contributed by atoms with Gasteiger partial charge in [0, 0.05) is 89.7 Å². The Hall–Kier alpha value is -1.21. The number of hydrogen-bond donors (Lipinski definition) is 4. The summed E-state index contributed by atoms with van der Waals surface area (Å²) < 4.78 is 16.7. The van der Waals surface area contributed by atoms with Gasteiger partial charge in [-0.3, -0.25) is 29.1 Å². The summed E-state index contributed by atoms with van der Waals surface area (Å²) in [7, 11) is 3.84. The standard InChI is InChI=1S/C67H132N4O10S2/c1-7-13-15-17-19-21-23-25-35-61(72)53-70(54-62(73)36-26-24-22-20-18-16-14-8-2)43-33-41-65(76)79-50-49-69-47-45-68(46-48-69)42-31-32-51-82-83-52-34-44-71(55-63(74)37-27-29-39-66(77)80-57-59(9-3)10-4)56-64(75)38-28-30-40-67(78)81-58-60(11-5)12-6/h59-64,72-75H,7-58H2,1-6H3. The van der Waals surface area contributed by atoms with Crippen LogP contribution in [0.4, 0.5) is 0 Å². The lowest BCUT2D eigenvalue weighted by Crippen LogP contribution is -2.47. The summed E-state index contributed by atoms with van der Waals surface area (Å²) in [5.41, 5.74) is 0. The van der Waals surface area contributed by atoms with Gasteiger partial charge in [0.05, 0.1) is 37.6 Å². The number of carbonyl (C=O) groups excluding carboxylic acids is 3. The highest BCUT2D eigenvalue weighted by Gasteiger charge is 2.21. The topological polar surface area (TPSA) is 173 Å². The summed E-state index contributed by atoms with van der Waals surface area (Å²) in [5, 5.41) is 44.1. The van der Waals surface area contributed by atoms with Crippen molar-refractivity contribution in [2.75, 3.05) is 110 Å². The van der Waals surface area contributed by atoms with E-state index in [1.807, 2.05) is 21.6 Å². The smallest absolute Gasteiger partial charge is 0.305 e. The Morgan fingerprint density at radius 2 is 0.735 bits per heavy atom. The van der Waals surface area contributed by atoms with Crippen LogP contribution in [0.1, 0.15) is 266 Å². The van der Waals surface area contributed by atoms with Crippen molar-refractivity contribution < 1.29 is 49.0 Å². The first-order chi connectivity index (χ1) is 40.3. The summed E-state index contributed by atoms with van der Waals surface area (Å²) in [4.78, 5) is 46.7. The maximum atomic E-state index is 12.8. The number of rotatable bonds is 61. The van der Waals surface area contributed by atoms with Crippen LogP contribution in [0.25, 0.3) is 0 Å². The Morgan fingerprint density at radius 3 is 1.14 bits per heavy atom. The Kier molecular flexibility index (Phi) is 55.0. The molecule has 14 nitrogen and oxygen atoms in total. The molecule has 0 bridgehead atoms. The fourth-order valence-electron chi connectivity index (χ4n) is 11.0. The number of piperazine rings is 1. The number of aliphatic hydroxyl groups is 4. The molecule has 1 aliphatic rings. The molecule has 0 spiro atoms. The number of ether oxygens (including phenoxy) is 3. The van der Waals surface area contributed by atoms with E-state index in [-0.39, 0.29) is 17.9 Å². The highest BCUT2D eigenvalue weighted by atomic mass is 33.1. The first-order valence-corrected chi connectivity index (χ1v) is 37.2. The van der Waals surface area contributed by atoms with Gasteiger partial charge < -0.3 is 39.5 Å². The minimum atomic E-state index is -0.538. The summed E-state index contributed by atoms with van der Waals surface area (Å²) in [6.07, 6.45) is 32.7. The third kappa shape index (κ3) is 49.4. The van der Waals surface area contributed by atoms with E-state index >= 15 is 0 Å². The van der Waals surface area contributed by atoms with Gasteiger partial charge in [-0.1, -0.05) is 204 Å². The zero-order valence-corrected chi connectivity index (χ0v) is 56.2. The first kappa shape index (κ1) is 79.8. The molecule has 0 aromatic carbocycles. The van der Waals surface area contributed by atoms with Crippen LogP contribution in [0.2, 0.25) is 0 Å². The van der Waals surface area contributed by atoms with Crippen molar-refractivity contribution in [3.8, 4) is 0 Å². The predicted molar refractivity (Wildman–Crippen MR) is 350 cm³/mol.